The molecule has 18 rings (SSSR count). The van der Waals surface area contributed by atoms with Crippen molar-refractivity contribution in [3.8, 4) is 12.0 Å². The van der Waals surface area contributed by atoms with Gasteiger partial charge in [-0.05, 0) is 150 Å². The van der Waals surface area contributed by atoms with Crippen LogP contribution in [0.3, 0.4) is 0 Å². The number of halogens is 1. The Kier molecular flexibility index (Phi) is 33.5. The molecule has 0 amide bonds. The van der Waals surface area contributed by atoms with Gasteiger partial charge < -0.3 is 125 Å². The quantitative estimate of drug-likeness (QED) is 0.0409. The molecular formula is C82H117FN10O34. The minimum Gasteiger partial charge on any atom is -0.453 e. The zero-order chi connectivity index (χ0) is 89.7. The molecule has 26 atom stereocenters. The smallest absolute Gasteiger partial charge is 0.330 e. The van der Waals surface area contributed by atoms with Crippen LogP contribution in [0.25, 0.3) is 0 Å². The number of aliphatic hydroxyl groups excluding tert-OH is 6. The summed E-state index contributed by atoms with van der Waals surface area (Å²) in [6, 6.07) is 0.412. The lowest BCUT2D eigenvalue weighted by molar-refractivity contribution is -0.225. The number of hydrogen-bond donors (Lipinski definition) is 9. The molecular weight excluding hydrogens is 1690 g/mol. The summed E-state index contributed by atoms with van der Waals surface area (Å²) in [5.74, 6) is 0. The average molecular weight is 1810 g/mol. The number of fused-ring (bicyclic) bond motifs is 6. The van der Waals surface area contributed by atoms with E-state index in [1.54, 1.807) is 49.2 Å². The Morgan fingerprint density at radius 1 is 0.362 bits per heavy atom. The lowest BCUT2D eigenvalue weighted by atomic mass is 10.1. The Labute approximate surface area is 725 Å². The summed E-state index contributed by atoms with van der Waals surface area (Å²) in [4.78, 5) is 109. The van der Waals surface area contributed by atoms with Crippen LogP contribution in [0.5, 0.6) is 12.0 Å². The Morgan fingerprint density at radius 2 is 0.693 bits per heavy atom. The molecule has 706 valence electrons. The van der Waals surface area contributed by atoms with Gasteiger partial charge in [0, 0.05) is 98.4 Å². The molecule has 5 aromatic heterocycles. The first-order valence-electron chi connectivity index (χ1n) is 43.7. The van der Waals surface area contributed by atoms with E-state index in [1.165, 1.54) is 34.6 Å². The summed E-state index contributed by atoms with van der Waals surface area (Å²) in [5.41, 5.74) is -2.20. The Morgan fingerprint density at radius 3 is 1.10 bits per heavy atom. The highest BCUT2D eigenvalue weighted by atomic mass is 19.1. The molecule has 0 spiro atoms. The highest BCUT2D eigenvalue weighted by Gasteiger charge is 2.56. The topological polar surface area (TPSA) is 540 Å². The molecule has 9 N–H and O–H groups in total. The first-order valence-corrected chi connectivity index (χ1v) is 43.7. The second kappa shape index (κ2) is 44.5. The highest BCUT2D eigenvalue weighted by molar-refractivity contribution is 5.18. The predicted octanol–water partition coefficient (Wildman–Crippen LogP) is -0.205. The molecule has 0 bridgehead atoms. The normalized spacial score (nSPS) is 34.2. The van der Waals surface area contributed by atoms with Crippen LogP contribution >= 0.6 is 0 Å². The predicted molar refractivity (Wildman–Crippen MR) is 431 cm³/mol. The van der Waals surface area contributed by atoms with Crippen molar-refractivity contribution in [2.24, 2.45) is 0 Å². The first-order chi connectivity index (χ1) is 61.3. The molecule has 18 heterocycles. The molecule has 5 aromatic rings. The van der Waals surface area contributed by atoms with Crippen LogP contribution in [0.1, 0.15) is 175 Å². The number of rotatable bonds is 23. The number of nitrogens with zero attached hydrogens (tertiary/aromatic N) is 7. The van der Waals surface area contributed by atoms with Crippen molar-refractivity contribution in [3.05, 3.63) is 142 Å². The third kappa shape index (κ3) is 23.1. The van der Waals surface area contributed by atoms with Gasteiger partial charge in [-0.2, -0.15) is 9.97 Å². The average Bonchev–Trinajstić information content (AvgIpc) is 1.59. The number of aryl methyl sites for hydroxylation is 5. The number of hydrogen-bond acceptors (Lipinski definition) is 36. The molecule has 0 aromatic carbocycles. The molecule has 11 unspecified atom stereocenters. The number of aromatic nitrogens is 10. The van der Waals surface area contributed by atoms with Gasteiger partial charge in [-0.3, -0.25) is 61.8 Å². The van der Waals surface area contributed by atoms with Gasteiger partial charge in [0.05, 0.1) is 39.6 Å². The van der Waals surface area contributed by atoms with Crippen LogP contribution in [0.4, 0.5) is 4.39 Å². The summed E-state index contributed by atoms with van der Waals surface area (Å²) in [6.07, 6.45) is 6.72. The highest BCUT2D eigenvalue weighted by Crippen LogP contribution is 2.44. The van der Waals surface area contributed by atoms with Gasteiger partial charge in [0.2, 0.25) is 0 Å². The summed E-state index contributed by atoms with van der Waals surface area (Å²) >= 11 is 0. The molecule has 44 nitrogen and oxygen atoms in total. The van der Waals surface area contributed by atoms with E-state index in [0.29, 0.717) is 68.3 Å². The monoisotopic (exact) mass is 1800 g/mol. The van der Waals surface area contributed by atoms with Crippen molar-refractivity contribution < 1.29 is 130 Å². The standard InChI is InChI=1S/C22H33FN2O8.C20H30N2O8.C20H28N2O7.C10H14N2O6.C10H12N2O5/c1-14-12-25(22(27)24-20(14)26)21-19(30-11-8-23)18(33-17-7-3-5-10-29-17)15(32-21)13-31-16-6-2-4-9-28-16;1-12-10-22(20(25)21-18(12)24)19-16(23)17(30-15-7-3-5-9-27-15)13(29-19)11-28-14-6-2-4-8-26-14;1-12-10-22-19-17(29-20(22)21-18(12)23)16(28-15-7-3-5-9-25-15)13(27-19)11-26-14-6-2-4-8-24-14;1-4-2-12(10(17)11-8(4)16)9-7(15)6(14)5(3-13)18-9;1-4-2-12-9-7(6(14)5(3-13)16-9)17-10(12)11-8(4)15/h12,15-19,21H,2-11,13H2,1H3,(H,24,26,27);10,13-17,19,23H,2-9,11H2,1H3,(H,21,24,25);10,13-17,19H,2-9,11H2,1H3;2,5-7,9,13-15H,3H2,1H3,(H,11,16,17);2,5-7,9,13-14H,3H2,1H3/t15-,16?,17?,18+,19?,21-;13-,14?,15?,16?,17+,19-;13-,14?,15?,16+,17?,19-;2*5-,6+,7?,9-/m11111/s1. The number of aliphatic hydroxyl groups is 6. The summed E-state index contributed by atoms with van der Waals surface area (Å²) in [6.45, 7) is 10.9. The van der Waals surface area contributed by atoms with Gasteiger partial charge in [0.25, 0.3) is 27.8 Å². The number of aromatic amines is 3. The molecule has 11 saturated heterocycles. The van der Waals surface area contributed by atoms with Gasteiger partial charge in [-0.15, -0.1) is 0 Å². The van der Waals surface area contributed by atoms with E-state index in [0.717, 1.165) is 120 Å². The van der Waals surface area contributed by atoms with Gasteiger partial charge in [0.15, 0.2) is 81.1 Å². The van der Waals surface area contributed by atoms with Crippen molar-refractivity contribution >= 4 is 0 Å². The molecule has 13 aliphatic heterocycles. The van der Waals surface area contributed by atoms with Crippen LogP contribution < -0.4 is 54.3 Å². The zero-order valence-corrected chi connectivity index (χ0v) is 71.4. The lowest BCUT2D eigenvalue weighted by Gasteiger charge is -2.31. The van der Waals surface area contributed by atoms with E-state index in [-0.39, 0.29) is 92.5 Å². The largest absolute Gasteiger partial charge is 0.453 e. The minimum absolute atomic E-state index is 0.144. The maximum Gasteiger partial charge on any atom is 0.330 e. The van der Waals surface area contributed by atoms with E-state index in [2.05, 4.69) is 24.9 Å². The second-order valence-electron chi connectivity index (χ2n) is 33.2. The SMILES string of the molecule is Cc1cn([C@@H]2O[C@H](CO)[C@H](O)C2O)c(=O)[nH]c1=O.Cc1cn([C@@H]2O[C@H](COC3CCCCO3)[C@H](OC3CCCCO3)C2O)c(=O)[nH]c1=O.Cc1cn([C@@H]2O[C@H](COC3CCCCO3)[C@H](OC3CCCCO3)C2OCCF)c(=O)[nH]c1=O.Cc1cn2c(nc1=O)OC1[C@@H](O)[C@@H](CO)O[C@H]12.Cc1cn2c(nc1=O)OC1[C@@H](OC3CCCCO3)[C@@H](COC3CCCCO3)O[C@H]12. The molecule has 0 radical (unpaired) electrons. The van der Waals surface area contributed by atoms with Gasteiger partial charge in [-0.1, -0.05) is 0 Å². The number of alkyl halides is 1. The molecule has 0 aliphatic carbocycles. The summed E-state index contributed by atoms with van der Waals surface area (Å²) in [5, 5.41) is 58.1. The van der Waals surface area contributed by atoms with Gasteiger partial charge in [0.1, 0.15) is 86.0 Å². The van der Waals surface area contributed by atoms with Gasteiger partial charge in [-0.25, -0.2) is 18.8 Å². The van der Waals surface area contributed by atoms with E-state index in [1.807, 2.05) is 0 Å². The molecule has 45 heteroatoms. The van der Waals surface area contributed by atoms with E-state index in [4.69, 9.17) is 105 Å². The van der Waals surface area contributed by atoms with E-state index < -0.39 is 170 Å². The third-order valence-electron chi connectivity index (χ3n) is 23.8. The van der Waals surface area contributed by atoms with Crippen LogP contribution in [0.15, 0.2) is 69.3 Å². The fourth-order valence-electron chi connectivity index (χ4n) is 16.9. The molecule has 0 saturated carbocycles. The first kappa shape index (κ1) is 95.5. The molecule has 11 fully saturated rings. The Hall–Kier alpha value is -7.63. The van der Waals surface area contributed by atoms with Crippen LogP contribution in [-0.2, 0) is 85.3 Å². The van der Waals surface area contributed by atoms with Crippen LogP contribution in [0, 0.1) is 34.6 Å². The van der Waals surface area contributed by atoms with Crippen molar-refractivity contribution in [2.45, 2.75) is 311 Å². The minimum atomic E-state index is -1.36. The molecule has 127 heavy (non-hydrogen) atoms. The third-order valence-corrected chi connectivity index (χ3v) is 23.8. The van der Waals surface area contributed by atoms with Crippen LogP contribution in [0.2, 0.25) is 0 Å². The van der Waals surface area contributed by atoms with Crippen molar-refractivity contribution in [1.82, 2.24) is 47.8 Å². The van der Waals surface area contributed by atoms with E-state index >= 15 is 0 Å². The number of H-pyrrole nitrogens is 3. The second-order valence-corrected chi connectivity index (χ2v) is 33.2. The zero-order valence-electron chi connectivity index (χ0n) is 71.4. The maximum atomic E-state index is 13.1. The van der Waals surface area contributed by atoms with Crippen molar-refractivity contribution in [1.29, 1.82) is 0 Å². The van der Waals surface area contributed by atoms with Crippen molar-refractivity contribution in [2.75, 3.05) is 86.0 Å². The van der Waals surface area contributed by atoms with Gasteiger partial charge >= 0.3 is 29.1 Å². The van der Waals surface area contributed by atoms with Crippen LogP contribution in [-0.4, -0.2) is 294 Å². The fourth-order valence-corrected chi connectivity index (χ4v) is 16.9. The summed E-state index contributed by atoms with van der Waals surface area (Å²) in [7, 11) is 0. The Balaban J connectivity index is 0.000000131. The number of ether oxygens (including phenoxy) is 20. The van der Waals surface area contributed by atoms with E-state index in [9.17, 15) is 63.2 Å². The molecule has 13 aliphatic rings. The lowest BCUT2D eigenvalue weighted by Crippen LogP contribution is -2.44. The fraction of sp³-hybridized carbons (Fsp3) is 0.756. The van der Waals surface area contributed by atoms with Crippen molar-refractivity contribution in [3.63, 3.8) is 0 Å². The Bertz CT molecular complexity index is 4900. The summed E-state index contributed by atoms with van der Waals surface area (Å²) < 4.78 is 137. The number of nitrogens with one attached hydrogen (secondary N) is 3. The maximum absolute atomic E-state index is 13.1.